The number of hydrogen-bond donors (Lipinski definition) is 1. The minimum atomic E-state index is -3.46. The number of rotatable bonds is 8. The van der Waals surface area contributed by atoms with Gasteiger partial charge in [0.2, 0.25) is 10.0 Å². The molecule has 0 aliphatic heterocycles. The summed E-state index contributed by atoms with van der Waals surface area (Å²) in [4.78, 5) is 12.2. The highest BCUT2D eigenvalue weighted by Gasteiger charge is 2.21. The highest BCUT2D eigenvalue weighted by Crippen LogP contribution is 2.16. The van der Waals surface area contributed by atoms with E-state index in [0.29, 0.717) is 31.6 Å². The molecule has 2 aromatic rings. The summed E-state index contributed by atoms with van der Waals surface area (Å²) in [6.45, 7) is 4.86. The minimum absolute atomic E-state index is 0.264. The molecule has 0 heterocycles. The highest BCUT2D eigenvalue weighted by molar-refractivity contribution is 7.89. The lowest BCUT2D eigenvalue weighted by Crippen LogP contribution is -2.30. The van der Waals surface area contributed by atoms with Gasteiger partial charge in [0.05, 0.1) is 4.90 Å². The number of nitrogens with one attached hydrogen (secondary N) is 1. The maximum Gasteiger partial charge on any atom is 0.251 e. The van der Waals surface area contributed by atoms with Crippen molar-refractivity contribution >= 4 is 15.9 Å². The van der Waals surface area contributed by atoms with Crippen LogP contribution in [-0.2, 0) is 16.4 Å². The molecular weight excluding hydrogens is 355 g/mol. The summed E-state index contributed by atoms with van der Waals surface area (Å²) < 4.78 is 39.1. The van der Waals surface area contributed by atoms with E-state index < -0.39 is 10.0 Å². The predicted molar refractivity (Wildman–Crippen MR) is 99.0 cm³/mol. The maximum absolute atomic E-state index is 12.9. The summed E-state index contributed by atoms with van der Waals surface area (Å²) in [5, 5.41) is 2.76. The zero-order chi connectivity index (χ0) is 19.2. The largest absolute Gasteiger partial charge is 0.352 e. The number of carbonyl (C=O) groups is 1. The first-order chi connectivity index (χ1) is 12.4. The smallest absolute Gasteiger partial charge is 0.251 e. The van der Waals surface area contributed by atoms with E-state index in [1.807, 2.05) is 0 Å². The van der Waals surface area contributed by atoms with E-state index in [9.17, 15) is 17.6 Å². The Hall–Kier alpha value is -2.25. The molecule has 0 atom stereocenters. The average molecular weight is 378 g/mol. The zero-order valence-corrected chi connectivity index (χ0v) is 15.7. The van der Waals surface area contributed by atoms with Gasteiger partial charge in [-0.3, -0.25) is 4.79 Å². The second-order valence-corrected chi connectivity index (χ2v) is 7.68. The van der Waals surface area contributed by atoms with E-state index in [1.165, 1.54) is 28.6 Å². The first kappa shape index (κ1) is 20.1. The Morgan fingerprint density at radius 3 is 2.12 bits per heavy atom. The zero-order valence-electron chi connectivity index (χ0n) is 14.9. The number of benzene rings is 2. The highest BCUT2D eigenvalue weighted by atomic mass is 32.2. The van der Waals surface area contributed by atoms with Crippen LogP contribution in [0.3, 0.4) is 0 Å². The van der Waals surface area contributed by atoms with Crippen LogP contribution in [0.4, 0.5) is 4.39 Å². The molecular formula is C19H23FN2O3S. The second-order valence-electron chi connectivity index (χ2n) is 5.75. The van der Waals surface area contributed by atoms with Gasteiger partial charge in [-0.15, -0.1) is 0 Å². The van der Waals surface area contributed by atoms with Crippen LogP contribution in [-0.4, -0.2) is 38.3 Å². The van der Waals surface area contributed by atoms with Crippen molar-refractivity contribution in [1.29, 1.82) is 0 Å². The Balaban J connectivity index is 1.93. The lowest BCUT2D eigenvalue weighted by molar-refractivity contribution is 0.0954. The van der Waals surface area contributed by atoms with Crippen LogP contribution >= 0.6 is 0 Å². The fourth-order valence-corrected chi connectivity index (χ4v) is 4.02. The molecule has 0 aliphatic rings. The number of sulfonamides is 1. The molecule has 1 N–H and O–H groups in total. The molecule has 0 unspecified atom stereocenters. The third-order valence-corrected chi connectivity index (χ3v) is 6.14. The third kappa shape index (κ3) is 4.89. The van der Waals surface area contributed by atoms with Crippen LogP contribution in [0, 0.1) is 5.82 Å². The van der Waals surface area contributed by atoms with E-state index in [1.54, 1.807) is 38.1 Å². The van der Waals surface area contributed by atoms with Gasteiger partial charge in [-0.05, 0) is 48.4 Å². The monoisotopic (exact) mass is 378 g/mol. The number of amides is 1. The predicted octanol–water partition coefficient (Wildman–Crippen LogP) is 2.83. The first-order valence-corrected chi connectivity index (χ1v) is 9.95. The summed E-state index contributed by atoms with van der Waals surface area (Å²) in [6, 6.07) is 12.0. The summed E-state index contributed by atoms with van der Waals surface area (Å²) >= 11 is 0. The second kappa shape index (κ2) is 8.91. The Kier molecular flexibility index (Phi) is 6.88. The lowest BCUT2D eigenvalue weighted by atomic mass is 10.1. The molecule has 2 aromatic carbocycles. The molecule has 2 rings (SSSR count). The summed E-state index contributed by atoms with van der Waals surface area (Å²) in [5.74, 6) is -0.660. The number of carbonyl (C=O) groups excluding carboxylic acids is 1. The van der Waals surface area contributed by atoms with Gasteiger partial charge >= 0.3 is 0 Å². The van der Waals surface area contributed by atoms with Gasteiger partial charge in [0.25, 0.3) is 5.91 Å². The fourth-order valence-electron chi connectivity index (χ4n) is 2.56. The molecule has 140 valence electrons. The Morgan fingerprint density at radius 2 is 1.58 bits per heavy atom. The van der Waals surface area contributed by atoms with E-state index in [4.69, 9.17) is 0 Å². The Labute approximate surface area is 153 Å². The molecule has 5 nitrogen and oxygen atoms in total. The van der Waals surface area contributed by atoms with Crippen molar-refractivity contribution in [2.75, 3.05) is 19.6 Å². The Morgan fingerprint density at radius 1 is 1.00 bits per heavy atom. The quantitative estimate of drug-likeness (QED) is 0.768. The van der Waals surface area contributed by atoms with Gasteiger partial charge in [0.1, 0.15) is 5.82 Å². The maximum atomic E-state index is 12.9. The van der Waals surface area contributed by atoms with Crippen molar-refractivity contribution in [3.63, 3.8) is 0 Å². The van der Waals surface area contributed by atoms with Gasteiger partial charge in [-0.25, -0.2) is 12.8 Å². The molecule has 0 radical (unpaired) electrons. The van der Waals surface area contributed by atoms with Crippen molar-refractivity contribution in [2.24, 2.45) is 0 Å². The first-order valence-electron chi connectivity index (χ1n) is 8.51. The molecule has 0 saturated heterocycles. The summed E-state index contributed by atoms with van der Waals surface area (Å²) in [7, 11) is -3.46. The topological polar surface area (TPSA) is 66.5 Å². The molecule has 0 spiro atoms. The number of halogens is 1. The van der Waals surface area contributed by atoms with Crippen LogP contribution in [0.15, 0.2) is 53.4 Å². The Bertz CT molecular complexity index is 830. The van der Waals surface area contributed by atoms with Crippen LogP contribution in [0.25, 0.3) is 0 Å². The number of hydrogen-bond acceptors (Lipinski definition) is 3. The van der Waals surface area contributed by atoms with Gasteiger partial charge in [-0.2, -0.15) is 4.31 Å². The van der Waals surface area contributed by atoms with Crippen molar-refractivity contribution < 1.29 is 17.6 Å². The van der Waals surface area contributed by atoms with Crippen LogP contribution < -0.4 is 5.32 Å². The van der Waals surface area contributed by atoms with Crippen molar-refractivity contribution in [3.8, 4) is 0 Å². The van der Waals surface area contributed by atoms with E-state index in [-0.39, 0.29) is 16.6 Å². The molecule has 0 saturated carbocycles. The van der Waals surface area contributed by atoms with Crippen molar-refractivity contribution in [1.82, 2.24) is 9.62 Å². The van der Waals surface area contributed by atoms with Gasteiger partial charge < -0.3 is 5.32 Å². The van der Waals surface area contributed by atoms with E-state index in [0.717, 1.165) is 5.56 Å². The van der Waals surface area contributed by atoms with Gasteiger partial charge in [-0.1, -0.05) is 26.0 Å². The van der Waals surface area contributed by atoms with Gasteiger partial charge in [0.15, 0.2) is 0 Å². The lowest BCUT2D eigenvalue weighted by Gasteiger charge is -2.18. The molecule has 0 aromatic heterocycles. The summed E-state index contributed by atoms with van der Waals surface area (Å²) in [5.41, 5.74) is 1.31. The standard InChI is InChI=1S/C19H23FN2O3S/c1-3-22(4-2)26(24,25)18-11-5-15(6-12-18)13-14-21-19(23)16-7-9-17(20)10-8-16/h5-12H,3-4,13-14H2,1-2H3,(H,21,23). The van der Waals surface area contributed by atoms with Crippen LogP contribution in [0.2, 0.25) is 0 Å². The molecule has 1 amide bonds. The van der Waals surface area contributed by atoms with Crippen molar-refractivity contribution in [2.45, 2.75) is 25.2 Å². The van der Waals surface area contributed by atoms with Crippen LogP contribution in [0.5, 0.6) is 0 Å². The fraction of sp³-hybridized carbons (Fsp3) is 0.316. The SMILES string of the molecule is CCN(CC)S(=O)(=O)c1ccc(CCNC(=O)c2ccc(F)cc2)cc1. The minimum Gasteiger partial charge on any atom is -0.352 e. The van der Waals surface area contributed by atoms with Gasteiger partial charge in [0, 0.05) is 25.2 Å². The molecule has 26 heavy (non-hydrogen) atoms. The van der Waals surface area contributed by atoms with E-state index >= 15 is 0 Å². The van der Waals surface area contributed by atoms with Crippen LogP contribution in [0.1, 0.15) is 29.8 Å². The third-order valence-electron chi connectivity index (χ3n) is 4.07. The van der Waals surface area contributed by atoms with Crippen molar-refractivity contribution in [3.05, 3.63) is 65.5 Å². The molecule has 0 fully saturated rings. The molecule has 7 heteroatoms. The molecule has 0 bridgehead atoms. The average Bonchev–Trinajstić information content (AvgIpc) is 2.63. The molecule has 0 aliphatic carbocycles. The number of nitrogens with zero attached hydrogens (tertiary/aromatic N) is 1. The normalized spacial score (nSPS) is 11.5. The summed E-state index contributed by atoms with van der Waals surface area (Å²) in [6.07, 6.45) is 0.568. The van der Waals surface area contributed by atoms with E-state index in [2.05, 4.69) is 5.32 Å².